The number of hydrogen-bond acceptors (Lipinski definition) is 5. The Morgan fingerprint density at radius 2 is 2.03 bits per heavy atom. The number of thiazole rings is 1. The largest absolute Gasteiger partial charge is 0.375 e. The van der Waals surface area contributed by atoms with Gasteiger partial charge in [0.2, 0.25) is 0 Å². The molecule has 31 heavy (non-hydrogen) atoms. The number of nitrogens with one attached hydrogen (secondary N) is 1. The number of piperazine rings is 1. The van der Waals surface area contributed by atoms with E-state index in [1.165, 1.54) is 18.2 Å². The fourth-order valence-electron chi connectivity index (χ4n) is 4.92. The van der Waals surface area contributed by atoms with E-state index >= 15 is 4.39 Å². The first kappa shape index (κ1) is 18.7. The molecule has 1 atom stereocenters. The van der Waals surface area contributed by atoms with Crippen LogP contribution in [0.3, 0.4) is 0 Å². The first-order valence-corrected chi connectivity index (χ1v) is 11.0. The SMILES string of the molecule is Nc1nc2c(-c3c(F)cc4c5c3ccn5CCC3CNCCN3C4=O)ccc(F)c2s1. The van der Waals surface area contributed by atoms with Gasteiger partial charge in [0, 0.05) is 54.9 Å². The maximum absolute atomic E-state index is 15.6. The molecule has 2 aliphatic heterocycles. The van der Waals surface area contributed by atoms with Crippen LogP contribution in [0.1, 0.15) is 16.8 Å². The van der Waals surface area contributed by atoms with Crippen LogP contribution in [0.5, 0.6) is 0 Å². The number of nitrogen functional groups attached to an aromatic ring is 1. The van der Waals surface area contributed by atoms with E-state index in [0.29, 0.717) is 44.4 Å². The van der Waals surface area contributed by atoms with Gasteiger partial charge in [0.25, 0.3) is 5.91 Å². The Hall–Kier alpha value is -3.04. The summed E-state index contributed by atoms with van der Waals surface area (Å²) in [5.74, 6) is -1.11. The quantitative estimate of drug-likeness (QED) is 0.475. The first-order valence-electron chi connectivity index (χ1n) is 10.2. The van der Waals surface area contributed by atoms with Crippen LogP contribution in [0.4, 0.5) is 13.9 Å². The fraction of sp³-hybridized carbons (Fsp3) is 0.273. The Labute approximate surface area is 180 Å². The third kappa shape index (κ3) is 2.69. The summed E-state index contributed by atoms with van der Waals surface area (Å²) in [4.78, 5) is 19.5. The standard InChI is InChI=1S/C22H19F2N5OS/c23-15-2-1-12(18-20(15)31-22(25)27-18)17-13-4-7-28-6-3-11-10-26-5-8-29(11)21(30)14(19(13)28)9-16(17)24/h1-2,4,7,9,11,26H,3,5-6,8,10H2,(H2,25,27). The summed E-state index contributed by atoms with van der Waals surface area (Å²) in [5, 5.41) is 4.18. The fourth-order valence-corrected chi connectivity index (χ4v) is 5.68. The van der Waals surface area contributed by atoms with Gasteiger partial charge in [-0.3, -0.25) is 4.79 Å². The van der Waals surface area contributed by atoms with Gasteiger partial charge in [-0.25, -0.2) is 13.8 Å². The van der Waals surface area contributed by atoms with Gasteiger partial charge < -0.3 is 20.5 Å². The monoisotopic (exact) mass is 439 g/mol. The predicted octanol–water partition coefficient (Wildman–Crippen LogP) is 3.60. The van der Waals surface area contributed by atoms with Gasteiger partial charge in [-0.15, -0.1) is 0 Å². The lowest BCUT2D eigenvalue weighted by Crippen LogP contribution is -2.54. The van der Waals surface area contributed by atoms with Crippen molar-refractivity contribution in [2.75, 3.05) is 25.4 Å². The van der Waals surface area contributed by atoms with Gasteiger partial charge in [0.15, 0.2) is 5.13 Å². The smallest absolute Gasteiger partial charge is 0.256 e. The highest BCUT2D eigenvalue weighted by Gasteiger charge is 2.32. The highest BCUT2D eigenvalue weighted by molar-refractivity contribution is 7.22. The van der Waals surface area contributed by atoms with E-state index in [0.717, 1.165) is 37.4 Å². The van der Waals surface area contributed by atoms with Crippen molar-refractivity contribution < 1.29 is 13.6 Å². The van der Waals surface area contributed by atoms with Crippen molar-refractivity contribution in [1.82, 2.24) is 19.8 Å². The number of nitrogens with zero attached hydrogens (tertiary/aromatic N) is 3. The number of hydrogen-bond donors (Lipinski definition) is 2. The minimum atomic E-state index is -0.527. The van der Waals surface area contributed by atoms with E-state index < -0.39 is 11.6 Å². The number of carbonyl (C=O) groups is 1. The van der Waals surface area contributed by atoms with Crippen molar-refractivity contribution in [2.45, 2.75) is 19.0 Å². The van der Waals surface area contributed by atoms with E-state index in [4.69, 9.17) is 5.73 Å². The third-order valence-electron chi connectivity index (χ3n) is 6.32. The molecular weight excluding hydrogens is 420 g/mol. The van der Waals surface area contributed by atoms with Gasteiger partial charge in [-0.1, -0.05) is 11.3 Å². The number of amides is 1. The van der Waals surface area contributed by atoms with Crippen LogP contribution in [-0.2, 0) is 6.54 Å². The number of halogens is 2. The zero-order valence-corrected chi connectivity index (χ0v) is 17.3. The van der Waals surface area contributed by atoms with Crippen molar-refractivity contribution in [2.24, 2.45) is 0 Å². The van der Waals surface area contributed by atoms with Crippen LogP contribution in [0.25, 0.3) is 32.2 Å². The second-order valence-electron chi connectivity index (χ2n) is 8.02. The summed E-state index contributed by atoms with van der Waals surface area (Å²) in [6.07, 6.45) is 2.71. The molecule has 4 heterocycles. The first-order chi connectivity index (χ1) is 15.0. The second-order valence-corrected chi connectivity index (χ2v) is 9.05. The number of nitrogens with two attached hydrogens (primary N) is 1. The Kier molecular flexibility index (Phi) is 4.06. The van der Waals surface area contributed by atoms with Crippen molar-refractivity contribution in [3.05, 3.63) is 47.7 Å². The summed E-state index contributed by atoms with van der Waals surface area (Å²) in [6.45, 7) is 2.79. The molecule has 0 bridgehead atoms. The number of aromatic nitrogens is 2. The normalized spacial score (nSPS) is 19.0. The molecule has 0 aliphatic carbocycles. The maximum atomic E-state index is 15.6. The molecule has 6 nitrogen and oxygen atoms in total. The summed E-state index contributed by atoms with van der Waals surface area (Å²) >= 11 is 1.04. The summed E-state index contributed by atoms with van der Waals surface area (Å²) in [7, 11) is 0. The molecule has 2 aromatic carbocycles. The van der Waals surface area contributed by atoms with Crippen molar-refractivity contribution >= 4 is 43.5 Å². The molecule has 0 radical (unpaired) electrons. The molecule has 0 spiro atoms. The number of rotatable bonds is 1. The molecule has 9 heteroatoms. The Bertz CT molecular complexity index is 1380. The summed E-state index contributed by atoms with van der Waals surface area (Å²) in [6, 6.07) is 6.09. The van der Waals surface area contributed by atoms with Gasteiger partial charge in [-0.2, -0.15) is 0 Å². The highest BCUT2D eigenvalue weighted by atomic mass is 32.1. The molecule has 2 aromatic heterocycles. The number of anilines is 1. The van der Waals surface area contributed by atoms with Crippen LogP contribution in [0.2, 0.25) is 0 Å². The van der Waals surface area contributed by atoms with E-state index in [2.05, 4.69) is 10.3 Å². The third-order valence-corrected chi connectivity index (χ3v) is 7.22. The Morgan fingerprint density at radius 1 is 1.16 bits per heavy atom. The Morgan fingerprint density at radius 3 is 2.90 bits per heavy atom. The van der Waals surface area contributed by atoms with Crippen molar-refractivity contribution in [3.63, 3.8) is 0 Å². The molecule has 1 unspecified atom stereocenters. The van der Waals surface area contributed by atoms with Crippen molar-refractivity contribution in [1.29, 1.82) is 0 Å². The minimum Gasteiger partial charge on any atom is -0.375 e. The average Bonchev–Trinajstić information content (AvgIpc) is 3.35. The van der Waals surface area contributed by atoms with E-state index in [9.17, 15) is 9.18 Å². The lowest BCUT2D eigenvalue weighted by atomic mass is 9.95. The number of aryl methyl sites for hydroxylation is 1. The van der Waals surface area contributed by atoms with Crippen molar-refractivity contribution in [3.8, 4) is 11.1 Å². The van der Waals surface area contributed by atoms with Crippen LogP contribution >= 0.6 is 11.3 Å². The molecular formula is C22H19F2N5OS. The predicted molar refractivity (Wildman–Crippen MR) is 117 cm³/mol. The Balaban J connectivity index is 1.63. The number of carbonyl (C=O) groups excluding carboxylic acids is 1. The topological polar surface area (TPSA) is 76.2 Å². The lowest BCUT2D eigenvalue weighted by molar-refractivity contribution is 0.0615. The van der Waals surface area contributed by atoms with E-state index in [1.54, 1.807) is 0 Å². The number of fused-ring (bicyclic) bond motifs is 2. The molecule has 0 saturated carbocycles. The van der Waals surface area contributed by atoms with E-state index in [1.807, 2.05) is 21.7 Å². The molecule has 158 valence electrons. The molecule has 1 amide bonds. The van der Waals surface area contributed by atoms with Crippen LogP contribution in [0, 0.1) is 11.6 Å². The highest BCUT2D eigenvalue weighted by Crippen LogP contribution is 2.41. The maximum Gasteiger partial charge on any atom is 0.256 e. The lowest BCUT2D eigenvalue weighted by Gasteiger charge is -2.38. The molecule has 4 aromatic rings. The minimum absolute atomic E-state index is 0.0873. The molecule has 1 saturated heterocycles. The van der Waals surface area contributed by atoms with Gasteiger partial charge >= 0.3 is 0 Å². The second kappa shape index (κ2) is 6.73. The van der Waals surface area contributed by atoms with Gasteiger partial charge in [0.05, 0.1) is 21.3 Å². The van der Waals surface area contributed by atoms with Gasteiger partial charge in [0.1, 0.15) is 11.6 Å². The van der Waals surface area contributed by atoms with Crippen LogP contribution < -0.4 is 11.1 Å². The molecule has 3 N–H and O–H groups in total. The average molecular weight is 439 g/mol. The summed E-state index contributed by atoms with van der Waals surface area (Å²) in [5.41, 5.74) is 8.02. The number of benzene rings is 2. The zero-order chi connectivity index (χ0) is 21.3. The molecule has 2 aliphatic rings. The molecule has 6 rings (SSSR count). The molecule has 1 fully saturated rings. The van der Waals surface area contributed by atoms with Gasteiger partial charge in [-0.05, 0) is 30.7 Å². The van der Waals surface area contributed by atoms with E-state index in [-0.39, 0.29) is 17.1 Å². The van der Waals surface area contributed by atoms with Crippen LogP contribution in [-0.4, -0.2) is 46.0 Å². The zero-order valence-electron chi connectivity index (χ0n) is 16.5. The summed E-state index contributed by atoms with van der Waals surface area (Å²) < 4.78 is 32.2. The van der Waals surface area contributed by atoms with Crippen LogP contribution in [0.15, 0.2) is 30.5 Å².